The molecule has 0 radical (unpaired) electrons. The Morgan fingerprint density at radius 1 is 1.40 bits per heavy atom. The van der Waals surface area contributed by atoms with Crippen LogP contribution in [0.4, 0.5) is 0 Å². The second-order valence-corrected chi connectivity index (χ2v) is 9.39. The van der Waals surface area contributed by atoms with Crippen LogP contribution >= 0.6 is 11.3 Å². The molecule has 0 spiro atoms. The lowest BCUT2D eigenvalue weighted by molar-refractivity contribution is -0.144. The van der Waals surface area contributed by atoms with Gasteiger partial charge in [0, 0.05) is 42.3 Å². The number of hydrogen-bond donors (Lipinski definition) is 2. The van der Waals surface area contributed by atoms with Crippen molar-refractivity contribution in [1.29, 1.82) is 0 Å². The van der Waals surface area contributed by atoms with Crippen LogP contribution in [0.15, 0.2) is 30.2 Å². The molecule has 10 heteroatoms. The number of hydrogen-bond acceptors (Lipinski definition) is 8. The average molecular weight is 382 g/mol. The molecular weight excluding hydrogens is 364 g/mol. The van der Waals surface area contributed by atoms with Crippen molar-refractivity contribution < 1.29 is 18.3 Å². The third-order valence-corrected chi connectivity index (χ3v) is 6.20. The van der Waals surface area contributed by atoms with Crippen LogP contribution in [0.5, 0.6) is 0 Å². The Morgan fingerprint density at radius 3 is 2.76 bits per heavy atom. The number of aromatic nitrogens is 3. The average Bonchev–Trinajstić information content (AvgIpc) is 3.21. The minimum atomic E-state index is -3.28. The molecule has 1 saturated heterocycles. The van der Waals surface area contributed by atoms with Gasteiger partial charge in [0.2, 0.25) is 0 Å². The Labute approximate surface area is 149 Å². The van der Waals surface area contributed by atoms with Gasteiger partial charge in [-0.3, -0.25) is 20.1 Å². The molecule has 3 atom stereocenters. The quantitative estimate of drug-likeness (QED) is 0.759. The van der Waals surface area contributed by atoms with Crippen LogP contribution in [0.1, 0.15) is 35.5 Å². The van der Waals surface area contributed by atoms with Gasteiger partial charge in [0.15, 0.2) is 0 Å². The van der Waals surface area contributed by atoms with Gasteiger partial charge in [0.25, 0.3) is 0 Å². The maximum absolute atomic E-state index is 12.0. The molecule has 8 nitrogen and oxygen atoms in total. The van der Waals surface area contributed by atoms with Gasteiger partial charge >= 0.3 is 5.97 Å². The predicted octanol–water partition coefficient (Wildman–Crippen LogP) is 1.01. The molecule has 2 aromatic heterocycles. The number of carbonyl (C=O) groups is 1. The van der Waals surface area contributed by atoms with Crippen LogP contribution in [-0.2, 0) is 14.6 Å². The molecule has 0 aromatic carbocycles. The number of thiazole rings is 1. The minimum Gasteiger partial charge on any atom is -0.480 e. The molecule has 0 amide bonds. The molecule has 1 aliphatic rings. The van der Waals surface area contributed by atoms with E-state index in [1.165, 1.54) is 11.3 Å². The summed E-state index contributed by atoms with van der Waals surface area (Å²) in [5.41, 5.74) is -0.681. The summed E-state index contributed by atoms with van der Waals surface area (Å²) in [5.74, 6) is -1.52. The second kappa shape index (κ2) is 6.77. The predicted molar refractivity (Wildman–Crippen MR) is 92.1 cm³/mol. The van der Waals surface area contributed by atoms with Crippen LogP contribution < -0.4 is 5.32 Å². The Kier molecular flexibility index (Phi) is 4.85. The summed E-state index contributed by atoms with van der Waals surface area (Å²) in [5, 5.41) is 15.5. The van der Waals surface area contributed by atoms with Crippen LogP contribution in [0.3, 0.4) is 0 Å². The van der Waals surface area contributed by atoms with Crippen LogP contribution in [0.25, 0.3) is 0 Å². The minimum absolute atomic E-state index is 0.0141. The monoisotopic (exact) mass is 382 g/mol. The maximum atomic E-state index is 12.0. The number of aliphatic carboxylic acids is 1. The van der Waals surface area contributed by atoms with Crippen molar-refractivity contribution >= 4 is 27.1 Å². The summed E-state index contributed by atoms with van der Waals surface area (Å²) in [7, 11) is -3.28. The van der Waals surface area contributed by atoms with Crippen molar-refractivity contribution in [2.45, 2.75) is 30.3 Å². The lowest BCUT2D eigenvalue weighted by Crippen LogP contribution is -2.49. The highest BCUT2D eigenvalue weighted by atomic mass is 32.2. The fourth-order valence-electron chi connectivity index (χ4n) is 3.14. The van der Waals surface area contributed by atoms with Gasteiger partial charge in [-0.1, -0.05) is 0 Å². The van der Waals surface area contributed by atoms with E-state index in [2.05, 4.69) is 20.3 Å². The first kappa shape index (κ1) is 17.9. The first-order valence-corrected chi connectivity index (χ1v) is 10.6. The van der Waals surface area contributed by atoms with Gasteiger partial charge in [-0.25, -0.2) is 13.4 Å². The van der Waals surface area contributed by atoms with Gasteiger partial charge < -0.3 is 5.11 Å². The molecule has 2 aromatic rings. The van der Waals surface area contributed by atoms with E-state index in [0.29, 0.717) is 5.69 Å². The molecule has 2 N–H and O–H groups in total. The van der Waals surface area contributed by atoms with Gasteiger partial charge in [-0.05, 0) is 12.8 Å². The number of rotatable bonds is 6. The Balaban J connectivity index is 1.98. The lowest BCUT2D eigenvalue weighted by atomic mass is 9.87. The smallest absolute Gasteiger partial charge is 0.323 e. The topological polar surface area (TPSA) is 122 Å². The zero-order valence-corrected chi connectivity index (χ0v) is 15.1. The molecule has 0 unspecified atom stereocenters. The SMILES string of the molecule is CS(=O)(=O)CC[C@]1(C(=O)O)C[C@H](c2cnccn2)[C@H](c2nccs2)N1. The highest BCUT2D eigenvalue weighted by Crippen LogP contribution is 2.45. The summed E-state index contributed by atoms with van der Waals surface area (Å²) >= 11 is 1.42. The summed E-state index contributed by atoms with van der Waals surface area (Å²) in [6.07, 6.45) is 7.70. The van der Waals surface area contributed by atoms with Crippen LogP contribution in [-0.4, -0.2) is 52.0 Å². The normalized spacial score (nSPS) is 26.6. The first-order chi connectivity index (χ1) is 11.8. The van der Waals surface area contributed by atoms with Gasteiger partial charge in [-0.2, -0.15) is 0 Å². The second-order valence-electron chi connectivity index (χ2n) is 6.20. The largest absolute Gasteiger partial charge is 0.480 e. The third-order valence-electron chi connectivity index (χ3n) is 4.39. The van der Waals surface area contributed by atoms with Crippen molar-refractivity contribution in [1.82, 2.24) is 20.3 Å². The summed E-state index contributed by atoms with van der Waals surface area (Å²) in [6.45, 7) is 0. The van der Waals surface area contributed by atoms with Crippen molar-refractivity contribution in [3.8, 4) is 0 Å². The molecule has 1 aliphatic heterocycles. The van der Waals surface area contributed by atoms with E-state index < -0.39 is 21.3 Å². The molecule has 3 heterocycles. The van der Waals surface area contributed by atoms with E-state index in [-0.39, 0.29) is 30.6 Å². The molecule has 1 fully saturated rings. The Morgan fingerprint density at radius 2 is 2.20 bits per heavy atom. The molecule has 25 heavy (non-hydrogen) atoms. The highest BCUT2D eigenvalue weighted by Gasteiger charge is 2.52. The number of sulfone groups is 1. The fraction of sp³-hybridized carbons (Fsp3) is 0.467. The molecule has 0 aliphatic carbocycles. The van der Waals surface area contributed by atoms with Crippen LogP contribution in [0.2, 0.25) is 0 Å². The van der Waals surface area contributed by atoms with E-state index in [1.807, 2.05) is 5.38 Å². The van der Waals surface area contributed by atoms with E-state index in [0.717, 1.165) is 11.3 Å². The lowest BCUT2D eigenvalue weighted by Gasteiger charge is -2.25. The molecule has 0 bridgehead atoms. The zero-order chi connectivity index (χ0) is 18.1. The van der Waals surface area contributed by atoms with Gasteiger partial charge in [0.05, 0.1) is 17.5 Å². The van der Waals surface area contributed by atoms with Gasteiger partial charge in [0.1, 0.15) is 20.4 Å². The van der Waals surface area contributed by atoms with E-state index in [9.17, 15) is 18.3 Å². The highest BCUT2D eigenvalue weighted by molar-refractivity contribution is 7.90. The van der Waals surface area contributed by atoms with E-state index >= 15 is 0 Å². The Bertz CT molecular complexity index is 842. The number of carboxylic acids is 1. The molecule has 0 saturated carbocycles. The maximum Gasteiger partial charge on any atom is 0.323 e. The summed E-state index contributed by atoms with van der Waals surface area (Å²) in [6, 6.07) is -0.354. The number of nitrogens with zero attached hydrogens (tertiary/aromatic N) is 3. The molecular formula is C15H18N4O4S2. The summed E-state index contributed by atoms with van der Waals surface area (Å²) < 4.78 is 23.1. The zero-order valence-electron chi connectivity index (χ0n) is 13.5. The van der Waals surface area contributed by atoms with E-state index in [4.69, 9.17) is 0 Å². The van der Waals surface area contributed by atoms with Crippen molar-refractivity contribution in [3.05, 3.63) is 40.9 Å². The van der Waals surface area contributed by atoms with Crippen LogP contribution in [0, 0.1) is 0 Å². The van der Waals surface area contributed by atoms with Crippen molar-refractivity contribution in [3.63, 3.8) is 0 Å². The van der Waals surface area contributed by atoms with Gasteiger partial charge in [-0.15, -0.1) is 11.3 Å². The van der Waals surface area contributed by atoms with E-state index in [1.54, 1.807) is 24.8 Å². The Hall–Kier alpha value is -1.91. The summed E-state index contributed by atoms with van der Waals surface area (Å²) in [4.78, 5) is 24.7. The third kappa shape index (κ3) is 3.86. The number of carboxylic acid groups (broad SMARTS) is 1. The van der Waals surface area contributed by atoms with Crippen molar-refractivity contribution in [2.75, 3.05) is 12.0 Å². The molecule has 3 rings (SSSR count). The standard InChI is InChI=1S/C15H18N4O4S2/c1-25(22,23)7-2-15(14(20)21)8-10(11-9-16-3-4-17-11)12(19-15)13-18-5-6-24-13/h3-6,9-10,12,19H,2,7-8H2,1H3,(H,20,21)/t10-,12-,15-/m1/s1. The molecule has 134 valence electrons. The first-order valence-electron chi connectivity index (χ1n) is 7.65. The fourth-order valence-corrected chi connectivity index (χ4v) is 4.61. The van der Waals surface area contributed by atoms with Crippen molar-refractivity contribution in [2.24, 2.45) is 0 Å². The number of nitrogens with one attached hydrogen (secondary N) is 1.